The molecule has 0 amide bonds. The van der Waals surface area contributed by atoms with Gasteiger partial charge in [-0.2, -0.15) is 0 Å². The van der Waals surface area contributed by atoms with Crippen LogP contribution in [-0.4, -0.2) is 40.9 Å². The molecule has 16 nitrogen and oxygen atoms in total. The molecule has 2 aliphatic carbocycles. The number of fused-ring (bicyclic) bond motifs is 4. The van der Waals surface area contributed by atoms with Gasteiger partial charge in [-0.3, -0.25) is 0 Å². The zero-order valence-electron chi connectivity index (χ0n) is 58.9. The summed E-state index contributed by atoms with van der Waals surface area (Å²) in [6, 6.07) is 57.5. The van der Waals surface area contributed by atoms with E-state index in [1.807, 2.05) is 24.3 Å². The highest BCUT2D eigenvalue weighted by Crippen LogP contribution is 2.66. The zero-order chi connectivity index (χ0) is 72.0. The number of ether oxygens (including phenoxy) is 8. The van der Waals surface area contributed by atoms with Crippen LogP contribution < -0.4 is 37.9 Å². The van der Waals surface area contributed by atoms with Crippen LogP contribution in [0.3, 0.4) is 0 Å². The van der Waals surface area contributed by atoms with E-state index in [0.29, 0.717) is 115 Å². The van der Waals surface area contributed by atoms with Crippen molar-refractivity contribution in [2.24, 2.45) is 0 Å². The molecule has 0 heterocycles. The van der Waals surface area contributed by atoms with Crippen LogP contribution in [0.5, 0.6) is 92.0 Å². The second kappa shape index (κ2) is 28.7. The zero-order valence-corrected chi connectivity index (χ0v) is 58.9. The third kappa shape index (κ3) is 14.8. The second-order valence-electron chi connectivity index (χ2n) is 28.1. The summed E-state index contributed by atoms with van der Waals surface area (Å²) in [6.45, 7) is 22.1. The maximum absolute atomic E-state index is 11.8. The fourth-order valence-electron chi connectivity index (χ4n) is 14.3. The van der Waals surface area contributed by atoms with Crippen molar-refractivity contribution in [3.05, 3.63) is 261 Å². The third-order valence-electron chi connectivity index (χ3n) is 19.2. The molecule has 8 atom stereocenters. The average molecular weight is 1370 g/mol. The predicted molar refractivity (Wildman–Crippen MR) is 386 cm³/mol. The minimum atomic E-state index is -1.12. The Balaban J connectivity index is 1.04. The Bertz CT molecular complexity index is 4310. The SMILES string of the molecule is CC(O)c1ccc(Oc2cccc(Oc3cc4c(cc3Oc3cccc(Oc5ccc(C(C)O)cc5)c3C(C)O)C3(CC4(C)C)CC(C)(C)c4cc(Oc5cccc(Oc6ccc(C(C)O)cc6)c5C(C)O)c(Oc5cccc(Oc6ccc(C(C)O)cc6)c5C(C)O)cc43)c2C(C)O)cc1. The summed E-state index contributed by atoms with van der Waals surface area (Å²) in [4.78, 5) is 0. The molecule has 524 valence electrons. The molecule has 16 heteroatoms. The summed E-state index contributed by atoms with van der Waals surface area (Å²) in [7, 11) is 0. The lowest BCUT2D eigenvalue weighted by molar-refractivity contribution is 0.190. The number of aliphatic hydroxyl groups excluding tert-OH is 8. The van der Waals surface area contributed by atoms with E-state index in [-0.39, 0.29) is 34.5 Å². The lowest BCUT2D eigenvalue weighted by Gasteiger charge is -2.31. The van der Waals surface area contributed by atoms with E-state index in [1.165, 1.54) is 0 Å². The highest BCUT2D eigenvalue weighted by Gasteiger charge is 2.57. The molecular weight excluding hydrogens is 1280 g/mol. The second-order valence-corrected chi connectivity index (χ2v) is 28.1. The van der Waals surface area contributed by atoms with Gasteiger partial charge in [-0.05, 0) is 245 Å². The van der Waals surface area contributed by atoms with E-state index in [2.05, 4.69) is 27.7 Å². The van der Waals surface area contributed by atoms with Crippen molar-refractivity contribution in [1.82, 2.24) is 0 Å². The van der Waals surface area contributed by atoms with Gasteiger partial charge in [0.1, 0.15) is 69.0 Å². The molecule has 12 rings (SSSR count). The smallest absolute Gasteiger partial charge is 0.170 e. The van der Waals surface area contributed by atoms with Gasteiger partial charge in [0.15, 0.2) is 23.0 Å². The first kappa shape index (κ1) is 71.1. The van der Waals surface area contributed by atoms with Crippen LogP contribution in [-0.2, 0) is 16.2 Å². The highest BCUT2D eigenvalue weighted by molar-refractivity contribution is 5.69. The monoisotopic (exact) mass is 1360 g/mol. The van der Waals surface area contributed by atoms with Gasteiger partial charge < -0.3 is 78.7 Å². The average Bonchev–Trinajstić information content (AvgIpc) is 1.52. The van der Waals surface area contributed by atoms with E-state index in [9.17, 15) is 40.9 Å². The van der Waals surface area contributed by atoms with Gasteiger partial charge in [-0.15, -0.1) is 0 Å². The Morgan fingerprint density at radius 1 is 0.238 bits per heavy atom. The number of rotatable bonds is 24. The van der Waals surface area contributed by atoms with Crippen LogP contribution in [0, 0.1) is 0 Å². The molecule has 0 saturated carbocycles. The number of benzene rings is 10. The molecule has 10 aromatic rings. The summed E-state index contributed by atoms with van der Waals surface area (Å²) >= 11 is 0. The largest absolute Gasteiger partial charge is 0.457 e. The summed E-state index contributed by atoms with van der Waals surface area (Å²) < 4.78 is 54.7. The first-order chi connectivity index (χ1) is 48.1. The summed E-state index contributed by atoms with van der Waals surface area (Å²) in [5, 5.41) is 88.2. The minimum Gasteiger partial charge on any atom is -0.457 e. The molecule has 8 N–H and O–H groups in total. The van der Waals surface area contributed by atoms with E-state index in [0.717, 1.165) is 22.3 Å². The molecule has 8 unspecified atom stereocenters. The number of aliphatic hydroxyl groups is 8. The van der Waals surface area contributed by atoms with E-state index in [4.69, 9.17) is 37.9 Å². The molecule has 0 radical (unpaired) electrons. The Labute approximate surface area is 589 Å². The highest BCUT2D eigenvalue weighted by atomic mass is 16.5. The molecule has 0 aliphatic heterocycles. The van der Waals surface area contributed by atoms with Crippen LogP contribution in [0.1, 0.15) is 212 Å². The maximum atomic E-state index is 11.8. The molecule has 0 saturated heterocycles. The van der Waals surface area contributed by atoms with Crippen molar-refractivity contribution in [2.45, 2.75) is 161 Å². The van der Waals surface area contributed by atoms with Crippen LogP contribution in [0.25, 0.3) is 0 Å². The van der Waals surface area contributed by atoms with Gasteiger partial charge in [0.05, 0.1) is 71.1 Å². The molecule has 0 bridgehead atoms. The molecule has 0 fully saturated rings. The standard InChI is InChI=1S/C85H88O16/c1-47(86)55-25-33-59(34-26-55)94-67-17-13-21-71(79(67)51(5)90)98-75-41-63-65(43-77(75)100-73-23-15-19-69(81(73)53(7)92)96-61-37-29-57(30-38-61)49(3)88)85(45-83(63,9)10)46-84(11,12)64-42-76(99-72-22-14-18-68(80(72)52(6)91)95-60-35-27-56(28-36-60)48(2)87)78(44-66(64)85)101-74-24-16-20-70(82(74)54(8)93)97-62-39-31-58(32-40-62)50(4)89/h13-44,47-54,86-93H,45-46H2,1-12H3. The van der Waals surface area contributed by atoms with Gasteiger partial charge >= 0.3 is 0 Å². The fraction of sp³-hybridized carbons (Fsp3) is 0.294. The summed E-state index contributed by atoms with van der Waals surface area (Å²) in [5.74, 6) is 5.44. The molecule has 101 heavy (non-hydrogen) atoms. The topological polar surface area (TPSA) is 236 Å². The van der Waals surface area contributed by atoms with Crippen LogP contribution >= 0.6 is 0 Å². The molecule has 10 aromatic carbocycles. The molecule has 2 aliphatic rings. The Kier molecular flexibility index (Phi) is 20.2. The quantitative estimate of drug-likeness (QED) is 0.0281. The normalized spacial score (nSPS) is 17.3. The van der Waals surface area contributed by atoms with Crippen LogP contribution in [0.15, 0.2) is 194 Å². The number of hydrogen-bond donors (Lipinski definition) is 8. The molecule has 0 aromatic heterocycles. The van der Waals surface area contributed by atoms with Gasteiger partial charge in [0.25, 0.3) is 0 Å². The van der Waals surface area contributed by atoms with Crippen molar-refractivity contribution in [3.63, 3.8) is 0 Å². The molecular formula is C85H88O16. The van der Waals surface area contributed by atoms with Gasteiger partial charge in [-0.1, -0.05) is 100 Å². The first-order valence-corrected chi connectivity index (χ1v) is 34.2. The fourth-order valence-corrected chi connectivity index (χ4v) is 14.3. The Hall–Kier alpha value is -9.72. The Morgan fingerprint density at radius 3 is 0.614 bits per heavy atom. The van der Waals surface area contributed by atoms with E-state index in [1.54, 1.807) is 225 Å². The van der Waals surface area contributed by atoms with Crippen molar-refractivity contribution >= 4 is 0 Å². The van der Waals surface area contributed by atoms with Crippen molar-refractivity contribution in [1.29, 1.82) is 0 Å². The first-order valence-electron chi connectivity index (χ1n) is 34.2. The predicted octanol–water partition coefficient (Wildman–Crippen LogP) is 20.1. The molecule has 1 spiro atoms. The summed E-state index contributed by atoms with van der Waals surface area (Å²) in [5.41, 5.74) is 6.08. The van der Waals surface area contributed by atoms with Gasteiger partial charge in [-0.25, -0.2) is 0 Å². The van der Waals surface area contributed by atoms with Crippen molar-refractivity contribution < 1.29 is 78.7 Å². The van der Waals surface area contributed by atoms with Crippen LogP contribution in [0.2, 0.25) is 0 Å². The van der Waals surface area contributed by atoms with Crippen molar-refractivity contribution in [2.75, 3.05) is 0 Å². The van der Waals surface area contributed by atoms with Gasteiger partial charge in [0, 0.05) is 5.41 Å². The van der Waals surface area contributed by atoms with Crippen LogP contribution in [0.4, 0.5) is 0 Å². The summed E-state index contributed by atoms with van der Waals surface area (Å²) in [6.07, 6.45) is -6.01. The third-order valence-corrected chi connectivity index (χ3v) is 19.2. The van der Waals surface area contributed by atoms with Gasteiger partial charge in [0.2, 0.25) is 0 Å². The Morgan fingerprint density at radius 2 is 0.426 bits per heavy atom. The lowest BCUT2D eigenvalue weighted by Crippen LogP contribution is -2.27. The maximum Gasteiger partial charge on any atom is 0.170 e. The van der Waals surface area contributed by atoms with E-state index >= 15 is 0 Å². The van der Waals surface area contributed by atoms with E-state index < -0.39 is 65.1 Å². The minimum absolute atomic E-state index is 0.268. The lowest BCUT2D eigenvalue weighted by atomic mass is 9.72. The number of hydrogen-bond acceptors (Lipinski definition) is 16. The van der Waals surface area contributed by atoms with Crippen molar-refractivity contribution in [3.8, 4) is 92.0 Å².